The van der Waals surface area contributed by atoms with Gasteiger partial charge in [0.25, 0.3) is 8.32 Å². The minimum absolute atomic E-state index is 0.00513. The summed E-state index contributed by atoms with van der Waals surface area (Å²) in [5.74, 6) is 0.320. The molecule has 0 spiro atoms. The van der Waals surface area contributed by atoms with Gasteiger partial charge in [0.2, 0.25) is 0 Å². The minimum Gasteiger partial charge on any atom is -0.407 e. The summed E-state index contributed by atoms with van der Waals surface area (Å²) < 4.78 is 7.25. The normalized spacial score (nSPS) is 13.8. The maximum absolute atomic E-state index is 7.25. The molecule has 0 heterocycles. The summed E-state index contributed by atoms with van der Waals surface area (Å²) in [4.78, 5) is 0. The molecule has 0 fully saturated rings. The van der Waals surface area contributed by atoms with Gasteiger partial charge >= 0.3 is 0 Å². The Labute approximate surface area is 184 Å². The van der Waals surface area contributed by atoms with Crippen LogP contribution in [0.1, 0.15) is 53.0 Å². The van der Waals surface area contributed by atoms with Crippen LogP contribution in [0.3, 0.4) is 0 Å². The van der Waals surface area contributed by atoms with Crippen LogP contribution in [0.5, 0.6) is 0 Å². The summed E-state index contributed by atoms with van der Waals surface area (Å²) in [6.07, 6.45) is 0. The van der Waals surface area contributed by atoms with Gasteiger partial charge in [0.15, 0.2) is 0 Å². The minimum atomic E-state index is -2.52. The average molecular weight is 417 g/mol. The molecule has 2 heteroatoms. The van der Waals surface area contributed by atoms with Gasteiger partial charge in [-0.15, -0.1) is 0 Å². The van der Waals surface area contributed by atoms with E-state index in [1.54, 1.807) is 0 Å². The van der Waals surface area contributed by atoms with E-state index in [2.05, 4.69) is 133 Å². The Hall–Kier alpha value is -2.16. The lowest BCUT2D eigenvalue weighted by Crippen LogP contribution is -2.67. The molecule has 3 aromatic rings. The molecule has 0 aromatic heterocycles. The highest BCUT2D eigenvalue weighted by atomic mass is 28.4. The average Bonchev–Trinajstić information content (AvgIpc) is 2.71. The van der Waals surface area contributed by atoms with Gasteiger partial charge in [-0.25, -0.2) is 0 Å². The van der Waals surface area contributed by atoms with E-state index < -0.39 is 8.32 Å². The Morgan fingerprint density at radius 2 is 1.03 bits per heavy atom. The van der Waals surface area contributed by atoms with Crippen LogP contribution < -0.4 is 10.4 Å². The molecule has 1 nitrogen and oxygen atoms in total. The van der Waals surface area contributed by atoms with Gasteiger partial charge in [0, 0.05) is 12.5 Å². The fourth-order valence-electron chi connectivity index (χ4n) is 4.50. The summed E-state index contributed by atoms with van der Waals surface area (Å²) in [6.45, 7) is 14.7. The SMILES string of the molecule is CC(C)(C)C(CO[Si](c1ccccc1)(c1ccccc1)C(C)(C)C)c1ccccc1. The number of hydrogen-bond donors (Lipinski definition) is 0. The Morgan fingerprint density at radius 3 is 1.40 bits per heavy atom. The standard InChI is InChI=1S/C28H36OSi/c1-27(2,3)26(23-16-10-7-11-17-23)22-29-30(28(4,5)6,24-18-12-8-13-19-24)25-20-14-9-15-21-25/h7-21,26H,22H2,1-6H3. The first kappa shape index (κ1) is 22.5. The first-order valence-corrected chi connectivity index (χ1v) is 12.9. The molecule has 1 unspecified atom stereocenters. The molecule has 0 radical (unpaired) electrons. The van der Waals surface area contributed by atoms with E-state index in [0.29, 0.717) is 12.5 Å². The van der Waals surface area contributed by atoms with Crippen LogP contribution in [-0.4, -0.2) is 14.9 Å². The van der Waals surface area contributed by atoms with E-state index in [1.807, 2.05) is 0 Å². The van der Waals surface area contributed by atoms with Gasteiger partial charge in [0.05, 0.1) is 0 Å². The van der Waals surface area contributed by atoms with Gasteiger partial charge < -0.3 is 4.43 Å². The highest BCUT2D eigenvalue weighted by Crippen LogP contribution is 2.40. The molecule has 0 bridgehead atoms. The van der Waals surface area contributed by atoms with Crippen molar-refractivity contribution in [1.82, 2.24) is 0 Å². The van der Waals surface area contributed by atoms with E-state index in [1.165, 1.54) is 15.9 Å². The summed E-state index contributed by atoms with van der Waals surface area (Å²) >= 11 is 0. The molecule has 0 N–H and O–H groups in total. The van der Waals surface area contributed by atoms with Crippen molar-refractivity contribution in [3.05, 3.63) is 96.6 Å². The third-order valence-electron chi connectivity index (χ3n) is 6.13. The van der Waals surface area contributed by atoms with E-state index in [-0.39, 0.29) is 10.5 Å². The molecule has 3 rings (SSSR count). The molecule has 0 aliphatic heterocycles. The van der Waals surface area contributed by atoms with E-state index >= 15 is 0 Å². The van der Waals surface area contributed by atoms with Crippen LogP contribution in [0.25, 0.3) is 0 Å². The molecular formula is C28H36OSi. The van der Waals surface area contributed by atoms with Gasteiger partial charge in [-0.1, -0.05) is 133 Å². The van der Waals surface area contributed by atoms with Crippen LogP contribution in [0.4, 0.5) is 0 Å². The summed E-state index contributed by atoms with van der Waals surface area (Å²) in [5, 5.41) is 2.67. The topological polar surface area (TPSA) is 9.23 Å². The van der Waals surface area contributed by atoms with E-state index in [4.69, 9.17) is 4.43 Å². The van der Waals surface area contributed by atoms with Gasteiger partial charge in [-0.05, 0) is 26.4 Å². The monoisotopic (exact) mass is 416 g/mol. The number of hydrogen-bond acceptors (Lipinski definition) is 1. The Bertz CT molecular complexity index is 866. The molecule has 0 aliphatic carbocycles. The number of benzene rings is 3. The molecule has 0 saturated carbocycles. The fourth-order valence-corrected chi connectivity index (χ4v) is 9.07. The Balaban J connectivity index is 2.11. The fraction of sp³-hybridized carbons (Fsp3) is 0.357. The zero-order valence-electron chi connectivity index (χ0n) is 19.4. The summed E-state index contributed by atoms with van der Waals surface area (Å²) in [7, 11) is -2.52. The third kappa shape index (κ3) is 4.60. The van der Waals surface area contributed by atoms with E-state index in [9.17, 15) is 0 Å². The van der Waals surface area contributed by atoms with Crippen LogP contribution in [0, 0.1) is 5.41 Å². The number of rotatable bonds is 6. The largest absolute Gasteiger partial charge is 0.407 e. The second-order valence-corrected chi connectivity index (χ2v) is 14.6. The van der Waals surface area contributed by atoms with Crippen molar-refractivity contribution in [3.8, 4) is 0 Å². The Kier molecular flexibility index (Phi) is 6.69. The first-order chi connectivity index (χ1) is 14.2. The second kappa shape index (κ2) is 8.91. The summed E-state index contributed by atoms with van der Waals surface area (Å²) in [6, 6.07) is 32.7. The predicted molar refractivity (Wildman–Crippen MR) is 132 cm³/mol. The quantitative estimate of drug-likeness (QED) is 0.423. The van der Waals surface area contributed by atoms with Crippen molar-refractivity contribution in [2.45, 2.75) is 52.5 Å². The van der Waals surface area contributed by atoms with Crippen LogP contribution in [-0.2, 0) is 4.43 Å². The van der Waals surface area contributed by atoms with Crippen molar-refractivity contribution in [2.24, 2.45) is 5.41 Å². The van der Waals surface area contributed by atoms with Crippen molar-refractivity contribution >= 4 is 18.7 Å². The molecule has 30 heavy (non-hydrogen) atoms. The lowest BCUT2D eigenvalue weighted by Gasteiger charge is -2.45. The smallest absolute Gasteiger partial charge is 0.261 e. The summed E-state index contributed by atoms with van der Waals surface area (Å²) in [5.41, 5.74) is 1.45. The van der Waals surface area contributed by atoms with Crippen molar-refractivity contribution in [1.29, 1.82) is 0 Å². The highest BCUT2D eigenvalue weighted by Gasteiger charge is 2.50. The lowest BCUT2D eigenvalue weighted by molar-refractivity contribution is 0.194. The first-order valence-electron chi connectivity index (χ1n) is 11.0. The van der Waals surface area contributed by atoms with Crippen molar-refractivity contribution in [2.75, 3.05) is 6.61 Å². The maximum Gasteiger partial charge on any atom is 0.261 e. The van der Waals surface area contributed by atoms with Crippen molar-refractivity contribution < 1.29 is 4.43 Å². The van der Waals surface area contributed by atoms with Gasteiger partial charge in [-0.3, -0.25) is 0 Å². The molecule has 158 valence electrons. The highest BCUT2D eigenvalue weighted by molar-refractivity contribution is 6.99. The zero-order chi connectivity index (χ0) is 21.8. The Morgan fingerprint density at radius 1 is 0.633 bits per heavy atom. The van der Waals surface area contributed by atoms with Crippen molar-refractivity contribution in [3.63, 3.8) is 0 Å². The molecule has 3 aromatic carbocycles. The second-order valence-electron chi connectivity index (χ2n) is 10.3. The molecule has 0 aliphatic rings. The third-order valence-corrected chi connectivity index (χ3v) is 11.1. The molecule has 0 amide bonds. The molecule has 0 saturated heterocycles. The molecule has 1 atom stereocenters. The maximum atomic E-state index is 7.25. The van der Waals surface area contributed by atoms with Crippen LogP contribution in [0.2, 0.25) is 5.04 Å². The lowest BCUT2D eigenvalue weighted by atomic mass is 9.77. The molecular weight excluding hydrogens is 380 g/mol. The van der Waals surface area contributed by atoms with E-state index in [0.717, 1.165) is 0 Å². The van der Waals surface area contributed by atoms with Crippen LogP contribution >= 0.6 is 0 Å². The zero-order valence-corrected chi connectivity index (χ0v) is 20.4. The van der Waals surface area contributed by atoms with Gasteiger partial charge in [-0.2, -0.15) is 0 Å². The van der Waals surface area contributed by atoms with Gasteiger partial charge in [0.1, 0.15) is 0 Å². The predicted octanol–water partition coefficient (Wildman–Crippen LogP) is 6.39. The van der Waals surface area contributed by atoms with Crippen LogP contribution in [0.15, 0.2) is 91.0 Å².